The van der Waals surface area contributed by atoms with Gasteiger partial charge in [0.25, 0.3) is 0 Å². The number of methoxy groups -OCH3 is 1. The molecule has 0 saturated carbocycles. The Bertz CT molecular complexity index is 822. The first-order valence-corrected chi connectivity index (χ1v) is 11.1. The molecule has 2 aromatic rings. The Morgan fingerprint density at radius 1 is 1.06 bits per heavy atom. The third-order valence-electron chi connectivity index (χ3n) is 4.71. The fraction of sp³-hybridized carbons (Fsp3) is 0.500. The molecule has 184 valence electrons. The van der Waals surface area contributed by atoms with Crippen molar-refractivity contribution in [3.8, 4) is 17.4 Å². The molecule has 0 spiro atoms. The topological polar surface area (TPSA) is 80.2 Å². The van der Waals surface area contributed by atoms with Gasteiger partial charge in [0.05, 0.1) is 6.61 Å². The molecule has 0 aliphatic heterocycles. The Morgan fingerprint density at radius 2 is 1.85 bits per heavy atom. The van der Waals surface area contributed by atoms with E-state index in [0.29, 0.717) is 30.5 Å². The second-order valence-electron chi connectivity index (χ2n) is 7.37. The van der Waals surface area contributed by atoms with Crippen LogP contribution in [0.15, 0.2) is 47.6 Å². The van der Waals surface area contributed by atoms with Crippen LogP contribution in [-0.2, 0) is 11.3 Å². The number of para-hydroxylation sites is 2. The second kappa shape index (κ2) is 17.4. The van der Waals surface area contributed by atoms with E-state index in [1.807, 2.05) is 36.4 Å². The zero-order valence-electron chi connectivity index (χ0n) is 20.2. The lowest BCUT2D eigenvalue weighted by atomic mass is 10.2. The highest BCUT2D eigenvalue weighted by atomic mass is 127. The molecular formula is C24H38IN5O3. The van der Waals surface area contributed by atoms with Crippen LogP contribution in [-0.4, -0.2) is 69.9 Å². The predicted octanol–water partition coefficient (Wildman–Crippen LogP) is 3.91. The summed E-state index contributed by atoms with van der Waals surface area (Å²) in [5, 5.41) is 6.68. The van der Waals surface area contributed by atoms with Crippen LogP contribution >= 0.6 is 24.0 Å². The van der Waals surface area contributed by atoms with Gasteiger partial charge in [0.1, 0.15) is 0 Å². The van der Waals surface area contributed by atoms with Crippen LogP contribution in [0.2, 0.25) is 0 Å². The van der Waals surface area contributed by atoms with Crippen LogP contribution in [0.5, 0.6) is 17.4 Å². The van der Waals surface area contributed by atoms with Gasteiger partial charge in [0.2, 0.25) is 5.88 Å². The molecule has 0 radical (unpaired) electrons. The van der Waals surface area contributed by atoms with Crippen molar-refractivity contribution in [3.63, 3.8) is 0 Å². The minimum atomic E-state index is 0. The summed E-state index contributed by atoms with van der Waals surface area (Å²) in [5.74, 6) is 2.64. The maximum Gasteiger partial charge on any atom is 0.224 e. The third-order valence-corrected chi connectivity index (χ3v) is 4.71. The van der Waals surface area contributed by atoms with Crippen LogP contribution in [0.1, 0.15) is 25.3 Å². The number of ether oxygens (including phenoxy) is 3. The molecule has 0 saturated heterocycles. The van der Waals surface area contributed by atoms with Crippen LogP contribution in [0, 0.1) is 0 Å². The number of pyridine rings is 1. The number of guanidine groups is 1. The van der Waals surface area contributed by atoms with Crippen LogP contribution < -0.4 is 20.1 Å². The van der Waals surface area contributed by atoms with E-state index in [1.165, 1.54) is 0 Å². The first kappa shape index (κ1) is 28.9. The van der Waals surface area contributed by atoms with E-state index in [-0.39, 0.29) is 24.0 Å². The lowest BCUT2D eigenvalue weighted by Gasteiger charge is -2.18. The molecule has 2 N–H and O–H groups in total. The normalized spacial score (nSPS) is 11.1. The maximum absolute atomic E-state index is 6.11. The summed E-state index contributed by atoms with van der Waals surface area (Å²) in [6.07, 6.45) is 3.68. The van der Waals surface area contributed by atoms with Gasteiger partial charge in [-0.05, 0) is 38.1 Å². The van der Waals surface area contributed by atoms with E-state index in [4.69, 9.17) is 14.2 Å². The van der Waals surface area contributed by atoms with Crippen molar-refractivity contribution in [1.82, 2.24) is 20.5 Å². The van der Waals surface area contributed by atoms with Crippen molar-refractivity contribution in [1.29, 1.82) is 0 Å². The number of aromatic nitrogens is 1. The first-order valence-electron chi connectivity index (χ1n) is 11.1. The van der Waals surface area contributed by atoms with E-state index in [0.717, 1.165) is 50.6 Å². The van der Waals surface area contributed by atoms with Gasteiger partial charge in [-0.1, -0.05) is 25.1 Å². The molecule has 0 atom stereocenters. The smallest absolute Gasteiger partial charge is 0.224 e. The molecule has 1 aromatic heterocycles. The SMILES string of the molecule is CCCOc1ccccc1Oc1ncccc1CNC(=NC)NCCN(C)CCCOC.I. The Morgan fingerprint density at radius 3 is 2.58 bits per heavy atom. The highest BCUT2D eigenvalue weighted by molar-refractivity contribution is 14.0. The van der Waals surface area contributed by atoms with E-state index in [1.54, 1.807) is 20.4 Å². The minimum Gasteiger partial charge on any atom is -0.490 e. The van der Waals surface area contributed by atoms with Crippen LogP contribution in [0.25, 0.3) is 0 Å². The highest BCUT2D eigenvalue weighted by Gasteiger charge is 2.11. The first-order chi connectivity index (χ1) is 15.7. The zero-order chi connectivity index (χ0) is 23.0. The van der Waals surface area contributed by atoms with Gasteiger partial charge in [-0.25, -0.2) is 4.98 Å². The van der Waals surface area contributed by atoms with Gasteiger partial charge in [0, 0.05) is 58.7 Å². The number of nitrogens with zero attached hydrogens (tertiary/aromatic N) is 3. The second-order valence-corrected chi connectivity index (χ2v) is 7.37. The molecule has 33 heavy (non-hydrogen) atoms. The molecular weight excluding hydrogens is 533 g/mol. The molecule has 0 unspecified atom stereocenters. The van der Waals surface area contributed by atoms with E-state index >= 15 is 0 Å². The summed E-state index contributed by atoms with van der Waals surface area (Å²) in [5.41, 5.74) is 0.928. The largest absolute Gasteiger partial charge is 0.490 e. The van der Waals surface area contributed by atoms with Gasteiger partial charge < -0.3 is 29.7 Å². The average Bonchev–Trinajstić information content (AvgIpc) is 2.81. The van der Waals surface area contributed by atoms with E-state index in [9.17, 15) is 0 Å². The molecule has 9 heteroatoms. The number of benzene rings is 1. The summed E-state index contributed by atoms with van der Waals surface area (Å²) in [6.45, 7) is 6.74. The molecule has 1 aromatic carbocycles. The Hall–Kier alpha value is -2.11. The number of aliphatic imine (C=N–C) groups is 1. The molecule has 0 aliphatic rings. The molecule has 1 heterocycles. The summed E-state index contributed by atoms with van der Waals surface area (Å²) in [4.78, 5) is 11.0. The number of rotatable bonds is 14. The van der Waals surface area contributed by atoms with Gasteiger partial charge in [-0.15, -0.1) is 24.0 Å². The van der Waals surface area contributed by atoms with Crippen molar-refractivity contribution < 1.29 is 14.2 Å². The average molecular weight is 572 g/mol. The third kappa shape index (κ3) is 11.0. The van der Waals surface area contributed by atoms with E-state index < -0.39 is 0 Å². The number of likely N-dealkylation sites (N-methyl/N-ethyl adjacent to an activating group) is 1. The maximum atomic E-state index is 6.11. The summed E-state index contributed by atoms with van der Waals surface area (Å²) >= 11 is 0. The lowest BCUT2D eigenvalue weighted by molar-refractivity contribution is 0.180. The Labute approximate surface area is 215 Å². The number of halogens is 1. The monoisotopic (exact) mass is 571 g/mol. The van der Waals surface area contributed by atoms with Crippen molar-refractivity contribution >= 4 is 29.9 Å². The number of hydrogen-bond acceptors (Lipinski definition) is 6. The molecule has 8 nitrogen and oxygen atoms in total. The van der Waals surface area contributed by atoms with Gasteiger partial charge in [-0.3, -0.25) is 4.99 Å². The highest BCUT2D eigenvalue weighted by Crippen LogP contribution is 2.31. The Balaban J connectivity index is 0.00000544. The summed E-state index contributed by atoms with van der Waals surface area (Å²) in [6, 6.07) is 11.5. The molecule has 2 rings (SSSR count). The van der Waals surface area contributed by atoms with Gasteiger partial charge in [0.15, 0.2) is 17.5 Å². The van der Waals surface area contributed by atoms with Crippen molar-refractivity contribution in [3.05, 3.63) is 48.2 Å². The van der Waals surface area contributed by atoms with Gasteiger partial charge in [-0.2, -0.15) is 0 Å². The quantitative estimate of drug-likeness (QED) is 0.154. The minimum absolute atomic E-state index is 0. The zero-order valence-corrected chi connectivity index (χ0v) is 22.5. The summed E-state index contributed by atoms with van der Waals surface area (Å²) in [7, 11) is 5.60. The van der Waals surface area contributed by atoms with Gasteiger partial charge >= 0.3 is 0 Å². The molecule has 0 bridgehead atoms. The Kier molecular flexibility index (Phi) is 15.2. The van der Waals surface area contributed by atoms with Crippen LogP contribution in [0.3, 0.4) is 0 Å². The predicted molar refractivity (Wildman–Crippen MR) is 144 cm³/mol. The summed E-state index contributed by atoms with van der Waals surface area (Å²) < 4.78 is 17.0. The van der Waals surface area contributed by atoms with Crippen LogP contribution in [0.4, 0.5) is 0 Å². The fourth-order valence-corrected chi connectivity index (χ4v) is 2.98. The number of nitrogens with one attached hydrogen (secondary N) is 2. The van der Waals surface area contributed by atoms with Crippen molar-refractivity contribution in [2.75, 3.05) is 54.1 Å². The van der Waals surface area contributed by atoms with Crippen molar-refractivity contribution in [2.45, 2.75) is 26.3 Å². The fourth-order valence-electron chi connectivity index (χ4n) is 2.98. The molecule has 0 amide bonds. The molecule has 0 fully saturated rings. The number of hydrogen-bond donors (Lipinski definition) is 2. The molecule has 0 aliphatic carbocycles. The van der Waals surface area contributed by atoms with E-state index in [2.05, 4.69) is 39.5 Å². The van der Waals surface area contributed by atoms with Crippen molar-refractivity contribution in [2.24, 2.45) is 4.99 Å². The standard InChI is InChI=1S/C24H37N5O3.HI/c1-5-17-31-21-11-6-7-12-22(21)32-23-20(10-8-13-26-23)19-28-24(25-2)27-14-16-29(3)15-9-18-30-4;/h6-8,10-13H,5,9,14-19H2,1-4H3,(H2,25,27,28);1H. The lowest BCUT2D eigenvalue weighted by Crippen LogP contribution is -2.40.